The van der Waals surface area contributed by atoms with Crippen LogP contribution in [-0.4, -0.2) is 24.3 Å². The van der Waals surface area contributed by atoms with Crippen molar-refractivity contribution < 1.29 is 0 Å². The third kappa shape index (κ3) is 2.72. The highest BCUT2D eigenvalue weighted by molar-refractivity contribution is 7.17. The number of fused-ring (bicyclic) bond motifs is 2. The SMILES string of the molecule is O=c1c2c(-c3ccncc3)csc2cnn1CCn1cnc2ccccc21. The van der Waals surface area contributed by atoms with Gasteiger partial charge in [0.15, 0.2) is 0 Å². The minimum atomic E-state index is -0.0648. The first-order chi connectivity index (χ1) is 13.3. The molecule has 0 fully saturated rings. The Kier molecular flexibility index (Phi) is 3.79. The summed E-state index contributed by atoms with van der Waals surface area (Å²) in [5, 5.41) is 7.09. The number of aromatic nitrogens is 5. The molecule has 4 heterocycles. The molecule has 0 spiro atoms. The van der Waals surface area contributed by atoms with Crippen molar-refractivity contribution in [2.45, 2.75) is 13.1 Å². The summed E-state index contributed by atoms with van der Waals surface area (Å²) in [4.78, 5) is 21.5. The lowest BCUT2D eigenvalue weighted by Crippen LogP contribution is -2.24. The van der Waals surface area contributed by atoms with Gasteiger partial charge >= 0.3 is 0 Å². The van der Waals surface area contributed by atoms with Crippen LogP contribution < -0.4 is 5.56 Å². The summed E-state index contributed by atoms with van der Waals surface area (Å²) in [6.07, 6.45) is 7.06. The van der Waals surface area contributed by atoms with Crippen molar-refractivity contribution >= 4 is 32.5 Å². The van der Waals surface area contributed by atoms with Crippen molar-refractivity contribution in [2.75, 3.05) is 0 Å². The zero-order chi connectivity index (χ0) is 18.2. The minimum absolute atomic E-state index is 0.0648. The Morgan fingerprint density at radius 3 is 2.78 bits per heavy atom. The maximum absolute atomic E-state index is 13.1. The fourth-order valence-electron chi connectivity index (χ4n) is 3.29. The van der Waals surface area contributed by atoms with E-state index in [1.165, 1.54) is 16.0 Å². The molecule has 27 heavy (non-hydrogen) atoms. The molecule has 0 aliphatic rings. The van der Waals surface area contributed by atoms with Crippen LogP contribution in [0.2, 0.25) is 0 Å². The van der Waals surface area contributed by atoms with E-state index in [2.05, 4.69) is 15.1 Å². The van der Waals surface area contributed by atoms with Gasteiger partial charge in [0.2, 0.25) is 0 Å². The van der Waals surface area contributed by atoms with Gasteiger partial charge in [0.05, 0.1) is 40.2 Å². The lowest BCUT2D eigenvalue weighted by Gasteiger charge is -2.07. The molecular weight excluding hydrogens is 358 g/mol. The number of hydrogen-bond acceptors (Lipinski definition) is 5. The monoisotopic (exact) mass is 373 g/mol. The predicted octanol–water partition coefficient (Wildman–Crippen LogP) is 3.57. The van der Waals surface area contributed by atoms with E-state index in [9.17, 15) is 4.79 Å². The van der Waals surface area contributed by atoms with Gasteiger partial charge in [-0.3, -0.25) is 9.78 Å². The number of aryl methyl sites for hydroxylation is 2. The summed E-state index contributed by atoms with van der Waals surface area (Å²) >= 11 is 1.54. The molecule has 0 aliphatic carbocycles. The topological polar surface area (TPSA) is 65.6 Å². The van der Waals surface area contributed by atoms with Gasteiger partial charge in [-0.2, -0.15) is 5.10 Å². The molecule has 0 bridgehead atoms. The molecule has 0 saturated heterocycles. The lowest BCUT2D eigenvalue weighted by molar-refractivity contribution is 0.521. The minimum Gasteiger partial charge on any atom is -0.329 e. The molecule has 0 amide bonds. The standard InChI is InChI=1S/C20H15N5OS/c26-20-19-15(14-5-7-21-8-6-14)12-27-18(19)11-23-25(20)10-9-24-13-22-16-3-1-2-4-17(16)24/h1-8,11-13H,9-10H2. The highest BCUT2D eigenvalue weighted by Gasteiger charge is 2.13. The van der Waals surface area contributed by atoms with Gasteiger partial charge in [0.1, 0.15) is 0 Å². The van der Waals surface area contributed by atoms with Crippen molar-refractivity contribution in [3.8, 4) is 11.1 Å². The Labute approximate surface area is 158 Å². The van der Waals surface area contributed by atoms with Crippen LogP contribution in [0.25, 0.3) is 32.2 Å². The number of pyridine rings is 1. The molecule has 4 aromatic heterocycles. The fourth-order valence-corrected chi connectivity index (χ4v) is 4.21. The Balaban J connectivity index is 1.52. The number of thiophene rings is 1. The summed E-state index contributed by atoms with van der Waals surface area (Å²) in [5.74, 6) is 0. The van der Waals surface area contributed by atoms with Crippen molar-refractivity contribution in [1.82, 2.24) is 24.3 Å². The van der Waals surface area contributed by atoms with Crippen LogP contribution >= 0.6 is 11.3 Å². The third-order valence-electron chi connectivity index (χ3n) is 4.65. The van der Waals surface area contributed by atoms with Crippen LogP contribution in [0.15, 0.2) is 71.5 Å². The highest BCUT2D eigenvalue weighted by atomic mass is 32.1. The molecule has 132 valence electrons. The van der Waals surface area contributed by atoms with Gasteiger partial charge in [0.25, 0.3) is 5.56 Å². The number of hydrogen-bond donors (Lipinski definition) is 0. The lowest BCUT2D eigenvalue weighted by atomic mass is 10.1. The Hall–Kier alpha value is -3.32. The second-order valence-corrected chi connectivity index (χ2v) is 7.14. The third-order valence-corrected chi connectivity index (χ3v) is 5.57. The summed E-state index contributed by atoms with van der Waals surface area (Å²) in [6.45, 7) is 1.12. The van der Waals surface area contributed by atoms with Crippen molar-refractivity contribution in [3.05, 3.63) is 77.0 Å². The van der Waals surface area contributed by atoms with E-state index in [1.54, 1.807) is 24.9 Å². The molecule has 1 aromatic carbocycles. The van der Waals surface area contributed by atoms with Gasteiger partial charge in [-0.25, -0.2) is 9.67 Å². The first-order valence-electron chi connectivity index (χ1n) is 8.59. The number of para-hydroxylation sites is 2. The number of imidazole rings is 1. The molecule has 0 saturated carbocycles. The molecule has 0 N–H and O–H groups in total. The summed E-state index contributed by atoms with van der Waals surface area (Å²) < 4.78 is 4.48. The van der Waals surface area contributed by atoms with E-state index >= 15 is 0 Å². The van der Waals surface area contributed by atoms with Crippen LogP contribution in [0.4, 0.5) is 0 Å². The predicted molar refractivity (Wildman–Crippen MR) is 107 cm³/mol. The first-order valence-corrected chi connectivity index (χ1v) is 9.47. The highest BCUT2D eigenvalue weighted by Crippen LogP contribution is 2.30. The number of rotatable bonds is 4. The van der Waals surface area contributed by atoms with Crippen LogP contribution in [0.1, 0.15) is 0 Å². The van der Waals surface area contributed by atoms with E-state index in [0.29, 0.717) is 13.1 Å². The Morgan fingerprint density at radius 2 is 1.89 bits per heavy atom. The molecule has 0 radical (unpaired) electrons. The van der Waals surface area contributed by atoms with E-state index in [4.69, 9.17) is 0 Å². The number of nitrogens with zero attached hydrogens (tertiary/aromatic N) is 5. The van der Waals surface area contributed by atoms with E-state index in [1.807, 2.05) is 46.3 Å². The molecule has 0 atom stereocenters. The molecule has 7 heteroatoms. The Bertz CT molecular complexity index is 1300. The molecule has 5 aromatic rings. The largest absolute Gasteiger partial charge is 0.329 e. The van der Waals surface area contributed by atoms with Gasteiger partial charge in [0, 0.05) is 29.9 Å². The smallest absolute Gasteiger partial charge is 0.276 e. The van der Waals surface area contributed by atoms with Crippen LogP contribution in [0.3, 0.4) is 0 Å². The van der Waals surface area contributed by atoms with E-state index in [-0.39, 0.29) is 5.56 Å². The van der Waals surface area contributed by atoms with Crippen LogP contribution in [0.5, 0.6) is 0 Å². The first kappa shape index (κ1) is 15.9. The van der Waals surface area contributed by atoms with Gasteiger partial charge in [-0.1, -0.05) is 12.1 Å². The molecule has 0 aliphatic heterocycles. The quantitative estimate of drug-likeness (QED) is 0.483. The Morgan fingerprint density at radius 1 is 1.04 bits per heavy atom. The van der Waals surface area contributed by atoms with Crippen molar-refractivity contribution in [2.24, 2.45) is 0 Å². The molecule has 6 nitrogen and oxygen atoms in total. The average molecular weight is 373 g/mol. The molecular formula is C20H15N5OS. The zero-order valence-corrected chi connectivity index (χ0v) is 15.1. The van der Waals surface area contributed by atoms with Gasteiger partial charge in [-0.05, 0) is 29.8 Å². The van der Waals surface area contributed by atoms with E-state index in [0.717, 1.165) is 32.2 Å². The van der Waals surface area contributed by atoms with Crippen LogP contribution in [0, 0.1) is 0 Å². The second-order valence-electron chi connectivity index (χ2n) is 6.22. The van der Waals surface area contributed by atoms with Gasteiger partial charge < -0.3 is 4.57 Å². The fraction of sp³-hybridized carbons (Fsp3) is 0.100. The summed E-state index contributed by atoms with van der Waals surface area (Å²) in [6, 6.07) is 11.8. The maximum Gasteiger partial charge on any atom is 0.276 e. The number of benzene rings is 1. The summed E-state index contributed by atoms with van der Waals surface area (Å²) in [5.41, 5.74) is 3.87. The molecule has 5 rings (SSSR count). The van der Waals surface area contributed by atoms with Gasteiger partial charge in [-0.15, -0.1) is 11.3 Å². The second kappa shape index (κ2) is 6.44. The maximum atomic E-state index is 13.1. The van der Waals surface area contributed by atoms with Crippen molar-refractivity contribution in [1.29, 1.82) is 0 Å². The average Bonchev–Trinajstić information content (AvgIpc) is 3.33. The zero-order valence-electron chi connectivity index (χ0n) is 14.3. The summed E-state index contributed by atoms with van der Waals surface area (Å²) in [7, 11) is 0. The molecule has 0 unspecified atom stereocenters. The van der Waals surface area contributed by atoms with E-state index < -0.39 is 0 Å². The normalized spacial score (nSPS) is 11.4. The van der Waals surface area contributed by atoms with Crippen molar-refractivity contribution in [3.63, 3.8) is 0 Å². The van der Waals surface area contributed by atoms with Crippen LogP contribution in [-0.2, 0) is 13.1 Å².